The third kappa shape index (κ3) is 3.84. The maximum absolute atomic E-state index is 12.4. The molecule has 19 heavy (non-hydrogen) atoms. The van der Waals surface area contributed by atoms with Crippen LogP contribution in [-0.4, -0.2) is 17.9 Å². The molecule has 1 amide bonds. The maximum Gasteiger partial charge on any atom is 0.255 e. The zero-order chi connectivity index (χ0) is 14.0. The summed E-state index contributed by atoms with van der Waals surface area (Å²) in [7, 11) is 1.80. The van der Waals surface area contributed by atoms with Crippen molar-refractivity contribution < 1.29 is 4.79 Å². The minimum atomic E-state index is -0.0231. The second-order valence-corrected chi connectivity index (χ2v) is 7.75. The number of rotatable bonds is 3. The molecule has 1 aromatic carbocycles. The van der Waals surface area contributed by atoms with E-state index >= 15 is 0 Å². The lowest BCUT2D eigenvalue weighted by molar-refractivity contribution is 0.0784. The second kappa shape index (κ2) is 6.43. The average molecular weight is 421 g/mol. The topological polar surface area (TPSA) is 20.3 Å². The van der Waals surface area contributed by atoms with Crippen LogP contribution in [0.4, 0.5) is 0 Å². The van der Waals surface area contributed by atoms with Crippen LogP contribution in [0.25, 0.3) is 0 Å². The predicted molar refractivity (Wildman–Crippen MR) is 89.2 cm³/mol. The van der Waals surface area contributed by atoms with Crippen LogP contribution in [0.2, 0.25) is 0 Å². The van der Waals surface area contributed by atoms with E-state index in [1.54, 1.807) is 29.4 Å². The molecule has 6 heteroatoms. The van der Waals surface area contributed by atoms with Gasteiger partial charge in [0, 0.05) is 23.0 Å². The lowest BCUT2D eigenvalue weighted by Gasteiger charge is -2.17. The fourth-order valence-corrected chi connectivity index (χ4v) is 3.48. The van der Waals surface area contributed by atoms with Crippen molar-refractivity contribution in [3.63, 3.8) is 0 Å². The van der Waals surface area contributed by atoms with Crippen LogP contribution in [0.1, 0.15) is 15.9 Å². The summed E-state index contributed by atoms with van der Waals surface area (Å²) in [5, 5.41) is 2.04. The van der Waals surface area contributed by atoms with Gasteiger partial charge in [0.05, 0.1) is 9.35 Å². The number of carbonyl (C=O) groups is 1. The SMILES string of the molecule is CN(Cc1csc(Br)c1)C(=O)c1cc(S)ccc1Br. The Morgan fingerprint density at radius 2 is 2.11 bits per heavy atom. The molecule has 0 spiro atoms. The largest absolute Gasteiger partial charge is 0.337 e. The van der Waals surface area contributed by atoms with Crippen LogP contribution in [0.15, 0.2) is 42.8 Å². The van der Waals surface area contributed by atoms with E-state index in [2.05, 4.69) is 44.5 Å². The van der Waals surface area contributed by atoms with Gasteiger partial charge in [0.1, 0.15) is 0 Å². The molecule has 1 aromatic heterocycles. The van der Waals surface area contributed by atoms with Gasteiger partial charge in [-0.05, 0) is 67.1 Å². The molecule has 2 aromatic rings. The zero-order valence-corrected chi connectivity index (χ0v) is 14.9. The molecule has 0 unspecified atom stereocenters. The molecular formula is C13H11Br2NOS2. The first-order chi connectivity index (χ1) is 8.97. The van der Waals surface area contributed by atoms with Gasteiger partial charge in [-0.1, -0.05) is 0 Å². The molecule has 2 nitrogen and oxygen atoms in total. The molecule has 0 bridgehead atoms. The van der Waals surface area contributed by atoms with Gasteiger partial charge in [0.15, 0.2) is 0 Å². The van der Waals surface area contributed by atoms with E-state index in [9.17, 15) is 4.79 Å². The van der Waals surface area contributed by atoms with Crippen molar-refractivity contribution in [2.45, 2.75) is 11.4 Å². The van der Waals surface area contributed by atoms with E-state index < -0.39 is 0 Å². The summed E-state index contributed by atoms with van der Waals surface area (Å²) in [6.45, 7) is 0.587. The van der Waals surface area contributed by atoms with E-state index in [1.807, 2.05) is 23.6 Å². The van der Waals surface area contributed by atoms with Crippen LogP contribution >= 0.6 is 55.8 Å². The molecular weight excluding hydrogens is 410 g/mol. The summed E-state index contributed by atoms with van der Waals surface area (Å²) in [6.07, 6.45) is 0. The van der Waals surface area contributed by atoms with Gasteiger partial charge in [-0.15, -0.1) is 24.0 Å². The Morgan fingerprint density at radius 3 is 2.74 bits per heavy atom. The van der Waals surface area contributed by atoms with E-state index in [0.29, 0.717) is 12.1 Å². The van der Waals surface area contributed by atoms with E-state index in [-0.39, 0.29) is 5.91 Å². The number of benzene rings is 1. The van der Waals surface area contributed by atoms with Gasteiger partial charge in [-0.25, -0.2) is 0 Å². The normalized spacial score (nSPS) is 10.5. The van der Waals surface area contributed by atoms with Gasteiger partial charge >= 0.3 is 0 Å². The molecule has 0 radical (unpaired) electrons. The van der Waals surface area contributed by atoms with Crippen LogP contribution in [-0.2, 0) is 6.54 Å². The van der Waals surface area contributed by atoms with E-state index in [1.165, 1.54) is 0 Å². The van der Waals surface area contributed by atoms with Crippen LogP contribution in [0, 0.1) is 0 Å². The van der Waals surface area contributed by atoms with Crippen molar-refractivity contribution in [3.8, 4) is 0 Å². The third-order valence-corrected chi connectivity index (χ3v) is 5.09. The molecule has 1 heterocycles. The highest BCUT2D eigenvalue weighted by atomic mass is 79.9. The fourth-order valence-electron chi connectivity index (χ4n) is 1.66. The molecule has 0 saturated heterocycles. The minimum Gasteiger partial charge on any atom is -0.337 e. The van der Waals surface area contributed by atoms with Crippen molar-refractivity contribution in [1.82, 2.24) is 4.90 Å². The number of halogens is 2. The highest BCUT2D eigenvalue weighted by Gasteiger charge is 2.15. The maximum atomic E-state index is 12.4. The Bertz CT molecular complexity index is 612. The van der Waals surface area contributed by atoms with Crippen molar-refractivity contribution in [3.05, 3.63) is 49.0 Å². The van der Waals surface area contributed by atoms with Gasteiger partial charge in [0.25, 0.3) is 5.91 Å². The van der Waals surface area contributed by atoms with Gasteiger partial charge < -0.3 is 4.90 Å². The van der Waals surface area contributed by atoms with Gasteiger partial charge in [-0.2, -0.15) is 0 Å². The number of hydrogen-bond donors (Lipinski definition) is 1. The van der Waals surface area contributed by atoms with E-state index in [4.69, 9.17) is 0 Å². The summed E-state index contributed by atoms with van der Waals surface area (Å²) >= 11 is 12.7. The lowest BCUT2D eigenvalue weighted by Crippen LogP contribution is -2.26. The Labute approximate surface area is 138 Å². The number of hydrogen-bond acceptors (Lipinski definition) is 3. The Kier molecular flexibility index (Phi) is 5.11. The standard InChI is InChI=1S/C13H11Br2NOS2/c1-16(6-8-4-12(15)19-7-8)13(17)10-5-9(18)2-3-11(10)14/h2-5,7,18H,6H2,1H3. The third-order valence-electron chi connectivity index (χ3n) is 2.57. The van der Waals surface area contributed by atoms with Gasteiger partial charge in [0.2, 0.25) is 0 Å². The van der Waals surface area contributed by atoms with Crippen molar-refractivity contribution >= 4 is 61.7 Å². The summed E-state index contributed by atoms with van der Waals surface area (Å²) in [6, 6.07) is 7.48. The minimum absolute atomic E-state index is 0.0231. The lowest BCUT2D eigenvalue weighted by atomic mass is 10.2. The summed E-state index contributed by atoms with van der Waals surface area (Å²) in [4.78, 5) is 14.9. The zero-order valence-electron chi connectivity index (χ0n) is 10.1. The number of nitrogens with zero attached hydrogens (tertiary/aromatic N) is 1. The summed E-state index contributed by atoms with van der Waals surface area (Å²) < 4.78 is 1.86. The Hall–Kier alpha value is -0.300. The number of amides is 1. The first kappa shape index (κ1) is 15.1. The number of thiol groups is 1. The molecule has 0 saturated carbocycles. The Morgan fingerprint density at radius 1 is 1.37 bits per heavy atom. The highest BCUT2D eigenvalue weighted by molar-refractivity contribution is 9.11. The fraction of sp³-hybridized carbons (Fsp3) is 0.154. The second-order valence-electron chi connectivity index (χ2n) is 4.08. The molecule has 2 rings (SSSR count). The highest BCUT2D eigenvalue weighted by Crippen LogP contribution is 2.24. The van der Waals surface area contributed by atoms with E-state index in [0.717, 1.165) is 18.7 Å². The molecule has 0 atom stereocenters. The average Bonchev–Trinajstić information content (AvgIpc) is 2.77. The molecule has 0 N–H and O–H groups in total. The Balaban J connectivity index is 2.16. The molecule has 100 valence electrons. The van der Waals surface area contributed by atoms with Gasteiger partial charge in [-0.3, -0.25) is 4.79 Å². The summed E-state index contributed by atoms with van der Waals surface area (Å²) in [5.41, 5.74) is 1.75. The number of thiophene rings is 1. The first-order valence-electron chi connectivity index (χ1n) is 5.44. The number of carbonyl (C=O) groups excluding carboxylic acids is 1. The molecule has 0 aliphatic carbocycles. The molecule has 0 aliphatic heterocycles. The van der Waals surface area contributed by atoms with Crippen LogP contribution < -0.4 is 0 Å². The first-order valence-corrected chi connectivity index (χ1v) is 8.35. The predicted octanol–water partition coefficient (Wildman–Crippen LogP) is 4.83. The smallest absolute Gasteiger partial charge is 0.255 e. The monoisotopic (exact) mass is 419 g/mol. The van der Waals surface area contributed by atoms with Crippen molar-refractivity contribution in [2.24, 2.45) is 0 Å². The molecule has 0 fully saturated rings. The quantitative estimate of drug-likeness (QED) is 0.704. The van der Waals surface area contributed by atoms with Crippen LogP contribution in [0.5, 0.6) is 0 Å². The molecule has 0 aliphatic rings. The van der Waals surface area contributed by atoms with Crippen molar-refractivity contribution in [2.75, 3.05) is 7.05 Å². The summed E-state index contributed by atoms with van der Waals surface area (Å²) in [5.74, 6) is -0.0231. The van der Waals surface area contributed by atoms with Crippen LogP contribution in [0.3, 0.4) is 0 Å². The van der Waals surface area contributed by atoms with Crippen molar-refractivity contribution in [1.29, 1.82) is 0 Å².